The highest BCUT2D eigenvalue weighted by atomic mass is 32.1. The summed E-state index contributed by atoms with van der Waals surface area (Å²) in [6.45, 7) is 2.11. The monoisotopic (exact) mass is 181 g/mol. The molecule has 2 rings (SSSR count). The lowest BCUT2D eigenvalue weighted by atomic mass is 10.3. The fourth-order valence-electron chi connectivity index (χ4n) is 1.14. The molecule has 0 amide bonds. The smallest absolute Gasteiger partial charge is 0.162 e. The molecule has 0 saturated heterocycles. The Kier molecular flexibility index (Phi) is 1.90. The van der Waals surface area contributed by atoms with Crippen LogP contribution in [0.4, 0.5) is 0 Å². The molecule has 3 heteroatoms. The van der Waals surface area contributed by atoms with Gasteiger partial charge in [-0.3, -0.25) is 0 Å². The highest BCUT2D eigenvalue weighted by Gasteiger charge is 2.20. The second kappa shape index (κ2) is 2.92. The molecule has 1 aromatic heterocycles. The van der Waals surface area contributed by atoms with Crippen molar-refractivity contribution in [3.8, 4) is 0 Å². The van der Waals surface area contributed by atoms with E-state index in [9.17, 15) is 0 Å². The summed E-state index contributed by atoms with van der Waals surface area (Å²) in [6.07, 6.45) is 2.13. The minimum Gasteiger partial charge on any atom is -0.404 e. The third-order valence-electron chi connectivity index (χ3n) is 1.97. The number of hydrogen-bond donors (Lipinski definition) is 0. The van der Waals surface area contributed by atoms with E-state index < -0.39 is 0 Å². The molecular formula is C9H11NOS. The van der Waals surface area contributed by atoms with Gasteiger partial charge in [-0.05, 0) is 24.4 Å². The van der Waals surface area contributed by atoms with E-state index in [1.54, 1.807) is 11.3 Å². The Labute approximate surface area is 76.0 Å². The molecule has 2 nitrogen and oxygen atoms in total. The predicted molar refractivity (Wildman–Crippen MR) is 50.6 cm³/mol. The van der Waals surface area contributed by atoms with Crippen molar-refractivity contribution < 1.29 is 4.84 Å². The maximum Gasteiger partial charge on any atom is 0.162 e. The number of nitrogens with zero attached hydrogens (tertiary/aromatic N) is 1. The third kappa shape index (κ3) is 1.26. The average molecular weight is 181 g/mol. The van der Waals surface area contributed by atoms with Gasteiger partial charge in [-0.25, -0.2) is 0 Å². The van der Waals surface area contributed by atoms with Gasteiger partial charge >= 0.3 is 0 Å². The first-order chi connectivity index (χ1) is 5.77. The topological polar surface area (TPSA) is 12.5 Å². The summed E-state index contributed by atoms with van der Waals surface area (Å²) >= 11 is 1.70. The Morgan fingerprint density at radius 3 is 2.92 bits per heavy atom. The quantitative estimate of drug-likeness (QED) is 0.659. The molecule has 0 N–H and O–H groups in total. The molecule has 0 radical (unpaired) electrons. The first kappa shape index (κ1) is 7.83. The van der Waals surface area contributed by atoms with Gasteiger partial charge in [-0.15, -0.1) is 16.4 Å². The van der Waals surface area contributed by atoms with Gasteiger partial charge in [0.15, 0.2) is 5.76 Å². The molecule has 1 aliphatic heterocycles. The highest BCUT2D eigenvalue weighted by molar-refractivity contribution is 7.11. The first-order valence-electron chi connectivity index (χ1n) is 3.94. The molecule has 0 aromatic carbocycles. The van der Waals surface area contributed by atoms with Crippen molar-refractivity contribution in [1.29, 1.82) is 0 Å². The second-order valence-corrected chi connectivity index (χ2v) is 3.83. The standard InChI is InChI=1S/C9H11NOS/c1-7-6-8(11-10(7)2)9-4-3-5-12-9/h3-7H,1-2H3. The Morgan fingerprint density at radius 2 is 2.42 bits per heavy atom. The fourth-order valence-corrected chi connectivity index (χ4v) is 1.82. The van der Waals surface area contributed by atoms with E-state index in [1.165, 1.54) is 4.88 Å². The lowest BCUT2D eigenvalue weighted by molar-refractivity contribution is -0.0601. The first-order valence-corrected chi connectivity index (χ1v) is 4.82. The van der Waals surface area contributed by atoms with Crippen LogP contribution in [0.15, 0.2) is 23.6 Å². The molecule has 0 aliphatic carbocycles. The van der Waals surface area contributed by atoms with E-state index in [2.05, 4.69) is 24.4 Å². The van der Waals surface area contributed by atoms with Crippen LogP contribution in [0, 0.1) is 0 Å². The van der Waals surface area contributed by atoms with Crippen LogP contribution in [0.2, 0.25) is 0 Å². The summed E-state index contributed by atoms with van der Waals surface area (Å²) in [6, 6.07) is 4.48. The van der Waals surface area contributed by atoms with E-state index in [-0.39, 0.29) is 0 Å². The summed E-state index contributed by atoms with van der Waals surface area (Å²) in [4.78, 5) is 6.72. The largest absolute Gasteiger partial charge is 0.404 e. The van der Waals surface area contributed by atoms with Gasteiger partial charge < -0.3 is 4.84 Å². The van der Waals surface area contributed by atoms with Gasteiger partial charge in [0.2, 0.25) is 0 Å². The molecule has 0 bridgehead atoms. The molecule has 64 valence electrons. The zero-order valence-corrected chi connectivity index (χ0v) is 7.97. The van der Waals surface area contributed by atoms with E-state index in [4.69, 9.17) is 4.84 Å². The average Bonchev–Trinajstić information content (AvgIpc) is 2.61. The number of rotatable bonds is 1. The normalized spacial score (nSPS) is 23.8. The highest BCUT2D eigenvalue weighted by Crippen LogP contribution is 2.28. The minimum atomic E-state index is 0.377. The van der Waals surface area contributed by atoms with Crippen LogP contribution in [-0.4, -0.2) is 18.2 Å². The van der Waals surface area contributed by atoms with E-state index >= 15 is 0 Å². The van der Waals surface area contributed by atoms with Crippen LogP contribution in [-0.2, 0) is 4.84 Å². The molecule has 1 unspecified atom stereocenters. The van der Waals surface area contributed by atoms with Crippen LogP contribution in [0.25, 0.3) is 5.76 Å². The molecule has 0 spiro atoms. The van der Waals surface area contributed by atoms with Crippen molar-refractivity contribution in [2.45, 2.75) is 13.0 Å². The van der Waals surface area contributed by atoms with Crippen LogP contribution >= 0.6 is 11.3 Å². The van der Waals surface area contributed by atoms with E-state index in [0.29, 0.717) is 6.04 Å². The second-order valence-electron chi connectivity index (χ2n) is 2.89. The van der Waals surface area contributed by atoms with Crippen LogP contribution in [0.3, 0.4) is 0 Å². The summed E-state index contributed by atoms with van der Waals surface area (Å²) in [5, 5.41) is 3.91. The van der Waals surface area contributed by atoms with Gasteiger partial charge in [0.25, 0.3) is 0 Å². The summed E-state index contributed by atoms with van der Waals surface area (Å²) < 4.78 is 0. The zero-order chi connectivity index (χ0) is 8.55. The van der Waals surface area contributed by atoms with Crippen molar-refractivity contribution >= 4 is 17.1 Å². The van der Waals surface area contributed by atoms with Gasteiger partial charge in [-0.1, -0.05) is 6.07 Å². The molecule has 12 heavy (non-hydrogen) atoms. The van der Waals surface area contributed by atoms with Crippen molar-refractivity contribution in [1.82, 2.24) is 5.06 Å². The number of thiophene rings is 1. The zero-order valence-electron chi connectivity index (χ0n) is 7.15. The molecule has 2 heterocycles. The Balaban J connectivity index is 2.23. The Bertz CT molecular complexity index is 291. The van der Waals surface area contributed by atoms with Crippen LogP contribution < -0.4 is 0 Å². The maximum atomic E-state index is 5.52. The summed E-state index contributed by atoms with van der Waals surface area (Å²) in [5.74, 6) is 0.986. The molecule has 1 atom stereocenters. The minimum absolute atomic E-state index is 0.377. The van der Waals surface area contributed by atoms with Crippen molar-refractivity contribution in [2.75, 3.05) is 7.05 Å². The Hall–Kier alpha value is -0.800. The van der Waals surface area contributed by atoms with E-state index in [0.717, 1.165) is 5.76 Å². The molecular weight excluding hydrogens is 170 g/mol. The SMILES string of the molecule is CC1C=C(c2cccs2)ON1C. The molecule has 1 aromatic rings. The Morgan fingerprint density at radius 1 is 1.58 bits per heavy atom. The predicted octanol–water partition coefficient (Wildman–Crippen LogP) is 2.35. The van der Waals surface area contributed by atoms with Crippen LogP contribution in [0.1, 0.15) is 11.8 Å². The van der Waals surface area contributed by atoms with Crippen molar-refractivity contribution in [3.63, 3.8) is 0 Å². The molecule has 0 fully saturated rings. The summed E-state index contributed by atoms with van der Waals surface area (Å²) in [7, 11) is 1.95. The van der Waals surface area contributed by atoms with Gasteiger partial charge in [-0.2, -0.15) is 0 Å². The van der Waals surface area contributed by atoms with Crippen molar-refractivity contribution in [3.05, 3.63) is 28.5 Å². The molecule has 0 saturated carbocycles. The number of hydrogen-bond acceptors (Lipinski definition) is 3. The summed E-state index contributed by atoms with van der Waals surface area (Å²) in [5.41, 5.74) is 0. The molecule has 1 aliphatic rings. The van der Waals surface area contributed by atoms with Gasteiger partial charge in [0.05, 0.1) is 10.9 Å². The van der Waals surface area contributed by atoms with E-state index in [1.807, 2.05) is 18.2 Å². The van der Waals surface area contributed by atoms with Gasteiger partial charge in [0, 0.05) is 7.05 Å². The third-order valence-corrected chi connectivity index (χ3v) is 2.86. The van der Waals surface area contributed by atoms with Crippen LogP contribution in [0.5, 0.6) is 0 Å². The number of likely N-dealkylation sites (N-methyl/N-ethyl adjacent to an activating group) is 1. The lowest BCUT2D eigenvalue weighted by Gasteiger charge is -2.13. The van der Waals surface area contributed by atoms with Gasteiger partial charge in [0.1, 0.15) is 0 Å². The number of hydroxylamine groups is 2. The van der Waals surface area contributed by atoms with Crippen molar-refractivity contribution in [2.24, 2.45) is 0 Å². The fraction of sp³-hybridized carbons (Fsp3) is 0.333. The maximum absolute atomic E-state index is 5.52. The lowest BCUT2D eigenvalue weighted by Crippen LogP contribution is -2.20.